The Balaban J connectivity index is 1.43. The molecule has 0 radical (unpaired) electrons. The van der Waals surface area contributed by atoms with Gasteiger partial charge in [0.05, 0.1) is 10.6 Å². The first-order chi connectivity index (χ1) is 16.6. The fourth-order valence-electron chi connectivity index (χ4n) is 5.20. The van der Waals surface area contributed by atoms with Gasteiger partial charge in [0.15, 0.2) is 0 Å². The zero-order chi connectivity index (χ0) is 25.0. The third-order valence-electron chi connectivity index (χ3n) is 7.29. The minimum absolute atomic E-state index is 0.0390. The lowest BCUT2D eigenvalue weighted by molar-refractivity contribution is -0.120. The first-order valence-corrected chi connectivity index (χ1v) is 13.0. The fraction of sp³-hybridized carbons (Fsp3) is 0.458. The van der Waals surface area contributed by atoms with Gasteiger partial charge in [-0.2, -0.15) is 13.2 Å². The van der Waals surface area contributed by atoms with Crippen molar-refractivity contribution in [2.45, 2.75) is 73.4 Å². The average Bonchev–Trinajstić information content (AvgIpc) is 3.61. The van der Waals surface area contributed by atoms with Gasteiger partial charge >= 0.3 is 11.5 Å². The molecular formula is C24H24F3N3O4S. The second kappa shape index (κ2) is 8.32. The number of urea groups is 1. The molecule has 0 atom stereocenters. The van der Waals surface area contributed by atoms with E-state index in [1.54, 1.807) is 6.20 Å². The van der Waals surface area contributed by atoms with Gasteiger partial charge in [-0.1, -0.05) is 19.3 Å². The van der Waals surface area contributed by atoms with Gasteiger partial charge in [0.2, 0.25) is 0 Å². The maximum Gasteiger partial charge on any atom is 0.501 e. The van der Waals surface area contributed by atoms with Crippen LogP contribution in [0.5, 0.6) is 0 Å². The lowest BCUT2D eigenvalue weighted by Gasteiger charge is -2.27. The molecule has 2 heterocycles. The Morgan fingerprint density at radius 3 is 2.26 bits per heavy atom. The fourth-order valence-corrected chi connectivity index (χ4v) is 5.96. The number of hydrogen-bond donors (Lipinski definition) is 0. The van der Waals surface area contributed by atoms with Gasteiger partial charge in [0.1, 0.15) is 5.54 Å². The van der Waals surface area contributed by atoms with Crippen molar-refractivity contribution in [3.05, 3.63) is 53.9 Å². The largest absolute Gasteiger partial charge is 0.501 e. The standard InChI is InChI=1S/C24H24F3N3O4S/c25-24(26,27)35(33,34)19-8-6-18(7-9-19)30-21(31)23(11-12-23)29(22(30)32)15-17-10-13-28-14-20(17)16-4-2-1-3-5-16/h6-10,13-14,16H,1-5,11-12,15H2. The Hall–Kier alpha value is -2.95. The summed E-state index contributed by atoms with van der Waals surface area (Å²) in [4.78, 5) is 32.5. The molecule has 1 aromatic carbocycles. The normalized spacial score (nSPS) is 20.7. The van der Waals surface area contributed by atoms with Crippen LogP contribution >= 0.6 is 0 Å². The maximum atomic E-state index is 13.4. The summed E-state index contributed by atoms with van der Waals surface area (Å²) in [5, 5.41) is 0. The zero-order valence-electron chi connectivity index (χ0n) is 18.8. The Bertz CT molecular complexity index is 1270. The molecule has 0 bridgehead atoms. The summed E-state index contributed by atoms with van der Waals surface area (Å²) in [5.74, 6) is -0.0857. The quantitative estimate of drug-likeness (QED) is 0.536. The van der Waals surface area contributed by atoms with Gasteiger partial charge in [0, 0.05) is 18.9 Å². The van der Waals surface area contributed by atoms with Crippen LogP contribution in [0.15, 0.2) is 47.6 Å². The van der Waals surface area contributed by atoms with Crippen LogP contribution in [0.3, 0.4) is 0 Å². The van der Waals surface area contributed by atoms with E-state index in [-0.39, 0.29) is 12.2 Å². The van der Waals surface area contributed by atoms with Gasteiger partial charge in [-0.3, -0.25) is 9.78 Å². The van der Waals surface area contributed by atoms with E-state index in [1.807, 2.05) is 12.3 Å². The second-order valence-corrected chi connectivity index (χ2v) is 11.3. The van der Waals surface area contributed by atoms with Crippen LogP contribution < -0.4 is 4.90 Å². The maximum absolute atomic E-state index is 13.4. The molecule has 3 aliphatic rings. The summed E-state index contributed by atoms with van der Waals surface area (Å²) < 4.78 is 61.9. The molecule has 1 aromatic heterocycles. The molecule has 2 aliphatic carbocycles. The lowest BCUT2D eigenvalue weighted by Crippen LogP contribution is -2.37. The number of nitrogens with zero attached hydrogens (tertiary/aromatic N) is 3. The molecule has 2 saturated carbocycles. The van der Waals surface area contributed by atoms with E-state index in [4.69, 9.17) is 0 Å². The summed E-state index contributed by atoms with van der Waals surface area (Å²) in [6.07, 6.45) is 10.1. The molecule has 3 fully saturated rings. The first-order valence-electron chi connectivity index (χ1n) is 11.6. The van der Waals surface area contributed by atoms with E-state index in [2.05, 4.69) is 4.98 Å². The highest BCUT2D eigenvalue weighted by Crippen LogP contribution is 2.50. The van der Waals surface area contributed by atoms with E-state index in [0.29, 0.717) is 18.8 Å². The monoisotopic (exact) mass is 507 g/mol. The SMILES string of the molecule is O=C1N(c2ccc(S(=O)(=O)C(F)(F)F)cc2)C(=O)C2(CC2)N1Cc1ccncc1C1CCCCC1. The van der Waals surface area contributed by atoms with Crippen LogP contribution in [-0.4, -0.2) is 41.3 Å². The van der Waals surface area contributed by atoms with Crippen LogP contribution in [0.1, 0.15) is 62.0 Å². The third kappa shape index (κ3) is 3.89. The zero-order valence-corrected chi connectivity index (χ0v) is 19.6. The first kappa shape index (κ1) is 23.8. The molecule has 35 heavy (non-hydrogen) atoms. The van der Waals surface area contributed by atoms with Gasteiger partial charge in [-0.05, 0) is 73.1 Å². The molecule has 0 N–H and O–H groups in total. The van der Waals surface area contributed by atoms with Crippen LogP contribution in [0.4, 0.5) is 23.7 Å². The molecule has 1 saturated heterocycles. The van der Waals surface area contributed by atoms with E-state index in [9.17, 15) is 31.2 Å². The number of pyridine rings is 1. The highest BCUT2D eigenvalue weighted by Gasteiger charge is 2.65. The van der Waals surface area contributed by atoms with E-state index in [0.717, 1.165) is 66.0 Å². The van der Waals surface area contributed by atoms with Crippen molar-refractivity contribution in [2.24, 2.45) is 0 Å². The highest BCUT2D eigenvalue weighted by atomic mass is 32.2. The van der Waals surface area contributed by atoms with Gasteiger partial charge < -0.3 is 4.90 Å². The molecule has 2 aromatic rings. The minimum Gasteiger partial charge on any atom is -0.305 e. The number of imide groups is 1. The number of halogens is 3. The predicted molar refractivity (Wildman–Crippen MR) is 120 cm³/mol. The summed E-state index contributed by atoms with van der Waals surface area (Å²) in [5.41, 5.74) is -4.35. The Kier molecular flexibility index (Phi) is 5.65. The summed E-state index contributed by atoms with van der Waals surface area (Å²) in [7, 11) is -5.53. The molecule has 7 nitrogen and oxygen atoms in total. The second-order valence-electron chi connectivity index (χ2n) is 9.39. The van der Waals surface area contributed by atoms with Crippen molar-refractivity contribution >= 4 is 27.5 Å². The Morgan fingerprint density at radius 1 is 1.00 bits per heavy atom. The van der Waals surface area contributed by atoms with Gasteiger partial charge in [0.25, 0.3) is 15.7 Å². The van der Waals surface area contributed by atoms with E-state index >= 15 is 0 Å². The number of sulfone groups is 1. The smallest absolute Gasteiger partial charge is 0.305 e. The third-order valence-corrected chi connectivity index (χ3v) is 8.80. The van der Waals surface area contributed by atoms with E-state index in [1.165, 1.54) is 11.3 Å². The molecule has 11 heteroatoms. The van der Waals surface area contributed by atoms with Crippen LogP contribution in [0, 0.1) is 0 Å². The number of aromatic nitrogens is 1. The van der Waals surface area contributed by atoms with Crippen molar-refractivity contribution in [2.75, 3.05) is 4.90 Å². The molecule has 1 spiro atoms. The summed E-state index contributed by atoms with van der Waals surface area (Å²) >= 11 is 0. The molecule has 3 amide bonds. The number of rotatable bonds is 5. The molecule has 5 rings (SSSR count). The number of alkyl halides is 3. The highest BCUT2D eigenvalue weighted by molar-refractivity contribution is 7.92. The molecule has 186 valence electrons. The van der Waals surface area contributed by atoms with Crippen molar-refractivity contribution in [3.63, 3.8) is 0 Å². The van der Waals surface area contributed by atoms with Crippen LogP contribution in [0.25, 0.3) is 0 Å². The van der Waals surface area contributed by atoms with Crippen molar-refractivity contribution < 1.29 is 31.2 Å². The topological polar surface area (TPSA) is 87.7 Å². The molecule has 0 unspecified atom stereocenters. The van der Waals surface area contributed by atoms with E-state index < -0.39 is 37.7 Å². The van der Waals surface area contributed by atoms with Crippen molar-refractivity contribution in [1.82, 2.24) is 9.88 Å². The number of carbonyl (C=O) groups is 2. The van der Waals surface area contributed by atoms with Crippen molar-refractivity contribution in [1.29, 1.82) is 0 Å². The lowest BCUT2D eigenvalue weighted by atomic mass is 9.83. The molecular weight excluding hydrogens is 483 g/mol. The van der Waals surface area contributed by atoms with Crippen molar-refractivity contribution in [3.8, 4) is 0 Å². The number of carbonyl (C=O) groups excluding carboxylic acids is 2. The Labute approximate surface area is 200 Å². The van der Waals surface area contributed by atoms with Gasteiger partial charge in [-0.15, -0.1) is 0 Å². The number of amides is 3. The van der Waals surface area contributed by atoms with Crippen LogP contribution in [-0.2, 0) is 21.2 Å². The number of benzene rings is 1. The molecule has 1 aliphatic heterocycles. The predicted octanol–water partition coefficient (Wildman–Crippen LogP) is 4.92. The van der Waals surface area contributed by atoms with Crippen LogP contribution in [0.2, 0.25) is 0 Å². The summed E-state index contributed by atoms with van der Waals surface area (Å²) in [6, 6.07) is 4.97. The minimum atomic E-state index is -5.53. The number of anilines is 1. The number of hydrogen-bond acceptors (Lipinski definition) is 5. The Morgan fingerprint density at radius 2 is 1.66 bits per heavy atom. The average molecular weight is 508 g/mol. The van der Waals surface area contributed by atoms with Gasteiger partial charge in [-0.25, -0.2) is 18.1 Å². The summed E-state index contributed by atoms with van der Waals surface area (Å²) in [6.45, 7) is 0.232.